The quantitative estimate of drug-likeness (QED) is 0.436. The third-order valence-electron chi connectivity index (χ3n) is 4.86. The molecule has 0 aliphatic rings. The Hall–Kier alpha value is -3.60. The van der Waals surface area contributed by atoms with Gasteiger partial charge in [0.25, 0.3) is 0 Å². The maximum Gasteiger partial charge on any atom is 0.229 e. The minimum Gasteiger partial charge on any atom is -0.495 e. The van der Waals surface area contributed by atoms with Crippen molar-refractivity contribution < 1.29 is 4.74 Å². The summed E-state index contributed by atoms with van der Waals surface area (Å²) in [7, 11) is 1.66. The van der Waals surface area contributed by atoms with Gasteiger partial charge >= 0.3 is 0 Å². The summed E-state index contributed by atoms with van der Waals surface area (Å²) < 4.78 is 5.48. The zero-order chi connectivity index (χ0) is 20.2. The van der Waals surface area contributed by atoms with Crippen LogP contribution in [0, 0.1) is 6.92 Å². The van der Waals surface area contributed by atoms with Crippen LogP contribution in [0.1, 0.15) is 24.1 Å². The molecule has 0 amide bonds. The molecule has 1 aromatic heterocycles. The second kappa shape index (κ2) is 8.19. The molecule has 0 radical (unpaired) electrons. The van der Waals surface area contributed by atoms with Crippen LogP contribution < -0.4 is 15.4 Å². The smallest absolute Gasteiger partial charge is 0.229 e. The van der Waals surface area contributed by atoms with Crippen LogP contribution in [0.2, 0.25) is 0 Å². The van der Waals surface area contributed by atoms with Gasteiger partial charge in [-0.3, -0.25) is 0 Å². The number of ether oxygens (including phenoxy) is 1. The van der Waals surface area contributed by atoms with Gasteiger partial charge in [-0.05, 0) is 49.2 Å². The van der Waals surface area contributed by atoms with E-state index >= 15 is 0 Å². The molecule has 1 heterocycles. The normalized spacial score (nSPS) is 11.8. The molecule has 0 saturated heterocycles. The van der Waals surface area contributed by atoms with Crippen LogP contribution in [0.15, 0.2) is 72.8 Å². The molecule has 0 bridgehead atoms. The van der Waals surface area contributed by atoms with E-state index in [1.165, 1.54) is 5.56 Å². The first kappa shape index (κ1) is 18.7. The number of aryl methyl sites for hydroxylation is 1. The maximum atomic E-state index is 5.48. The zero-order valence-corrected chi connectivity index (χ0v) is 16.8. The molecule has 0 spiro atoms. The lowest BCUT2D eigenvalue weighted by molar-refractivity contribution is 0.416. The average molecular weight is 384 g/mol. The van der Waals surface area contributed by atoms with Gasteiger partial charge in [-0.1, -0.05) is 48.5 Å². The summed E-state index contributed by atoms with van der Waals surface area (Å²) in [5, 5.41) is 7.85. The number of benzene rings is 3. The molecular formula is C24H24N4O. The lowest BCUT2D eigenvalue weighted by Crippen LogP contribution is -2.10. The van der Waals surface area contributed by atoms with Crippen LogP contribution in [0.25, 0.3) is 10.9 Å². The fourth-order valence-electron chi connectivity index (χ4n) is 3.31. The van der Waals surface area contributed by atoms with Crippen LogP contribution >= 0.6 is 0 Å². The zero-order valence-electron chi connectivity index (χ0n) is 16.8. The Labute approximate surface area is 170 Å². The summed E-state index contributed by atoms with van der Waals surface area (Å²) in [6.45, 7) is 4.17. The molecule has 5 heteroatoms. The molecule has 4 aromatic rings. The van der Waals surface area contributed by atoms with Crippen LogP contribution in [-0.4, -0.2) is 17.1 Å². The van der Waals surface area contributed by atoms with Crippen LogP contribution in [-0.2, 0) is 0 Å². The molecular weight excluding hydrogens is 360 g/mol. The Bertz CT molecular complexity index is 1130. The monoisotopic (exact) mass is 384 g/mol. The van der Waals surface area contributed by atoms with Gasteiger partial charge in [0.2, 0.25) is 5.95 Å². The van der Waals surface area contributed by atoms with Gasteiger partial charge in [-0.25, -0.2) is 4.98 Å². The first-order valence-corrected chi connectivity index (χ1v) is 9.64. The fourth-order valence-corrected chi connectivity index (χ4v) is 3.31. The maximum absolute atomic E-state index is 5.48. The number of hydrogen-bond acceptors (Lipinski definition) is 5. The van der Waals surface area contributed by atoms with Crippen molar-refractivity contribution in [2.24, 2.45) is 0 Å². The highest BCUT2D eigenvalue weighted by Crippen LogP contribution is 2.30. The lowest BCUT2D eigenvalue weighted by Gasteiger charge is -2.18. The van der Waals surface area contributed by atoms with E-state index in [2.05, 4.69) is 29.7 Å². The Morgan fingerprint density at radius 1 is 0.897 bits per heavy atom. The molecule has 1 unspecified atom stereocenters. The second-order valence-electron chi connectivity index (χ2n) is 7.02. The molecule has 0 fully saturated rings. The van der Waals surface area contributed by atoms with Gasteiger partial charge in [0.05, 0.1) is 18.3 Å². The Balaban J connectivity index is 1.72. The summed E-state index contributed by atoms with van der Waals surface area (Å²) in [5.74, 6) is 2.07. The highest BCUT2D eigenvalue weighted by molar-refractivity contribution is 5.90. The van der Waals surface area contributed by atoms with Crippen molar-refractivity contribution in [1.29, 1.82) is 0 Å². The third kappa shape index (κ3) is 4.14. The van der Waals surface area contributed by atoms with Crippen molar-refractivity contribution in [2.75, 3.05) is 17.7 Å². The van der Waals surface area contributed by atoms with E-state index in [-0.39, 0.29) is 6.04 Å². The highest BCUT2D eigenvalue weighted by Gasteiger charge is 2.13. The molecule has 0 aliphatic carbocycles. The molecule has 146 valence electrons. The van der Waals surface area contributed by atoms with E-state index in [1.807, 2.05) is 67.6 Å². The number of para-hydroxylation sites is 1. The number of nitrogens with zero attached hydrogens (tertiary/aromatic N) is 2. The van der Waals surface area contributed by atoms with Crippen molar-refractivity contribution in [1.82, 2.24) is 9.97 Å². The molecule has 4 rings (SSSR count). The van der Waals surface area contributed by atoms with E-state index in [4.69, 9.17) is 14.7 Å². The summed E-state index contributed by atoms with van der Waals surface area (Å²) in [5.41, 5.74) is 4.04. The molecule has 29 heavy (non-hydrogen) atoms. The summed E-state index contributed by atoms with van der Waals surface area (Å²) >= 11 is 0. The number of nitrogens with one attached hydrogen (secondary N) is 2. The topological polar surface area (TPSA) is 59.1 Å². The first-order chi connectivity index (χ1) is 14.1. The van der Waals surface area contributed by atoms with E-state index < -0.39 is 0 Å². The van der Waals surface area contributed by atoms with Crippen molar-refractivity contribution in [3.63, 3.8) is 0 Å². The minimum absolute atomic E-state index is 0.107. The van der Waals surface area contributed by atoms with Gasteiger partial charge in [0.15, 0.2) is 0 Å². The number of anilines is 3. The number of methoxy groups -OCH3 is 1. The van der Waals surface area contributed by atoms with Crippen LogP contribution in [0.4, 0.5) is 17.5 Å². The second-order valence-corrected chi connectivity index (χ2v) is 7.02. The van der Waals surface area contributed by atoms with E-state index in [9.17, 15) is 0 Å². The molecule has 5 nitrogen and oxygen atoms in total. The standard InChI is InChI=1S/C24H24N4O/c1-16-13-14-22(29-3)21(15-16)27-24-26-20-12-8-7-11-19(20)23(28-24)25-17(2)18-9-5-4-6-10-18/h4-15,17H,1-3H3,(H2,25,26,27,28). The predicted octanol–water partition coefficient (Wildman–Crippen LogP) is 5.86. The molecule has 1 atom stereocenters. The van der Waals surface area contributed by atoms with Gasteiger partial charge in [0, 0.05) is 11.4 Å². The lowest BCUT2D eigenvalue weighted by atomic mass is 10.1. The fraction of sp³-hybridized carbons (Fsp3) is 0.167. The van der Waals surface area contributed by atoms with Crippen molar-refractivity contribution >= 4 is 28.4 Å². The number of rotatable bonds is 6. The molecule has 2 N–H and O–H groups in total. The average Bonchev–Trinajstić information content (AvgIpc) is 2.74. The Kier molecular flexibility index (Phi) is 5.29. The summed E-state index contributed by atoms with van der Waals surface area (Å²) in [6.07, 6.45) is 0. The van der Waals surface area contributed by atoms with Gasteiger partial charge < -0.3 is 15.4 Å². The largest absolute Gasteiger partial charge is 0.495 e. The molecule has 3 aromatic carbocycles. The summed E-state index contributed by atoms with van der Waals surface area (Å²) in [6, 6.07) is 24.4. The minimum atomic E-state index is 0.107. The molecule has 0 aliphatic heterocycles. The summed E-state index contributed by atoms with van der Waals surface area (Å²) in [4.78, 5) is 9.48. The Morgan fingerprint density at radius 3 is 2.45 bits per heavy atom. The number of hydrogen-bond donors (Lipinski definition) is 2. The van der Waals surface area contributed by atoms with E-state index in [0.717, 1.165) is 33.7 Å². The predicted molar refractivity (Wildman–Crippen MR) is 119 cm³/mol. The van der Waals surface area contributed by atoms with Crippen molar-refractivity contribution in [3.05, 3.63) is 83.9 Å². The third-order valence-corrected chi connectivity index (χ3v) is 4.86. The van der Waals surface area contributed by atoms with Crippen LogP contribution in [0.5, 0.6) is 5.75 Å². The van der Waals surface area contributed by atoms with E-state index in [0.29, 0.717) is 5.95 Å². The SMILES string of the molecule is COc1ccc(C)cc1Nc1nc(NC(C)c2ccccc2)c2ccccc2n1. The first-order valence-electron chi connectivity index (χ1n) is 9.64. The molecule has 0 saturated carbocycles. The highest BCUT2D eigenvalue weighted by atomic mass is 16.5. The van der Waals surface area contributed by atoms with Crippen LogP contribution in [0.3, 0.4) is 0 Å². The van der Waals surface area contributed by atoms with Crippen molar-refractivity contribution in [2.45, 2.75) is 19.9 Å². The van der Waals surface area contributed by atoms with Gasteiger partial charge in [-0.2, -0.15) is 4.98 Å². The van der Waals surface area contributed by atoms with Gasteiger partial charge in [0.1, 0.15) is 11.6 Å². The number of aromatic nitrogens is 2. The van der Waals surface area contributed by atoms with Gasteiger partial charge in [-0.15, -0.1) is 0 Å². The number of fused-ring (bicyclic) bond motifs is 1. The van der Waals surface area contributed by atoms with E-state index in [1.54, 1.807) is 7.11 Å². The Morgan fingerprint density at radius 2 is 1.66 bits per heavy atom. The van der Waals surface area contributed by atoms with Crippen molar-refractivity contribution in [3.8, 4) is 5.75 Å².